The third-order valence-electron chi connectivity index (χ3n) is 5.02. The SMILES string of the molecule is COc1ccc(NC(=O)[C@@H](c2ccc(C)cc2)N(C)C(=O)C[C@H]2NC(=O)NC2=O)cc1. The van der Waals surface area contributed by atoms with Gasteiger partial charge in [-0.15, -0.1) is 0 Å². The summed E-state index contributed by atoms with van der Waals surface area (Å²) in [6.07, 6.45) is -0.258. The molecular formula is C22H24N4O5. The van der Waals surface area contributed by atoms with Crippen LogP contribution in [0.25, 0.3) is 0 Å². The molecule has 31 heavy (non-hydrogen) atoms. The Balaban J connectivity index is 1.81. The van der Waals surface area contributed by atoms with E-state index in [0.29, 0.717) is 17.0 Å². The number of hydrogen-bond donors (Lipinski definition) is 3. The normalized spacial score (nSPS) is 16.2. The average Bonchev–Trinajstić information content (AvgIpc) is 3.06. The van der Waals surface area contributed by atoms with Crippen LogP contribution in [0.1, 0.15) is 23.6 Å². The van der Waals surface area contributed by atoms with E-state index in [4.69, 9.17) is 4.74 Å². The van der Waals surface area contributed by atoms with Gasteiger partial charge in [0.25, 0.3) is 11.8 Å². The van der Waals surface area contributed by atoms with Crippen molar-refractivity contribution in [1.29, 1.82) is 0 Å². The highest BCUT2D eigenvalue weighted by Gasteiger charge is 2.35. The number of carbonyl (C=O) groups excluding carboxylic acids is 4. The topological polar surface area (TPSA) is 117 Å². The maximum absolute atomic E-state index is 13.2. The minimum Gasteiger partial charge on any atom is -0.497 e. The lowest BCUT2D eigenvalue weighted by atomic mass is 10.0. The van der Waals surface area contributed by atoms with Gasteiger partial charge in [-0.2, -0.15) is 0 Å². The molecule has 2 aromatic carbocycles. The van der Waals surface area contributed by atoms with Crippen molar-refractivity contribution in [3.05, 3.63) is 59.7 Å². The summed E-state index contributed by atoms with van der Waals surface area (Å²) in [5.41, 5.74) is 2.18. The molecule has 0 aromatic heterocycles. The highest BCUT2D eigenvalue weighted by Crippen LogP contribution is 2.24. The van der Waals surface area contributed by atoms with E-state index in [0.717, 1.165) is 5.56 Å². The minimum atomic E-state index is -0.967. The Kier molecular flexibility index (Phi) is 6.54. The second-order valence-corrected chi connectivity index (χ2v) is 7.26. The van der Waals surface area contributed by atoms with Gasteiger partial charge in [0, 0.05) is 12.7 Å². The molecule has 2 atom stereocenters. The second-order valence-electron chi connectivity index (χ2n) is 7.26. The van der Waals surface area contributed by atoms with Crippen LogP contribution in [0.2, 0.25) is 0 Å². The third kappa shape index (κ3) is 5.19. The average molecular weight is 424 g/mol. The predicted octanol–water partition coefficient (Wildman–Crippen LogP) is 1.74. The van der Waals surface area contributed by atoms with Crippen molar-refractivity contribution in [3.63, 3.8) is 0 Å². The zero-order valence-corrected chi connectivity index (χ0v) is 17.5. The summed E-state index contributed by atoms with van der Waals surface area (Å²) in [6.45, 7) is 1.92. The number of likely N-dealkylation sites (N-methyl/N-ethyl adjacent to an activating group) is 1. The highest BCUT2D eigenvalue weighted by atomic mass is 16.5. The van der Waals surface area contributed by atoms with Gasteiger partial charge in [0.1, 0.15) is 17.8 Å². The summed E-state index contributed by atoms with van der Waals surface area (Å²) in [6, 6.07) is 11.5. The van der Waals surface area contributed by atoms with E-state index in [2.05, 4.69) is 16.0 Å². The molecule has 0 radical (unpaired) electrons. The van der Waals surface area contributed by atoms with Crippen LogP contribution >= 0.6 is 0 Å². The van der Waals surface area contributed by atoms with E-state index < -0.39 is 35.8 Å². The predicted molar refractivity (Wildman–Crippen MR) is 113 cm³/mol. The molecule has 0 unspecified atom stereocenters. The fourth-order valence-corrected chi connectivity index (χ4v) is 3.25. The number of amides is 5. The quantitative estimate of drug-likeness (QED) is 0.586. The van der Waals surface area contributed by atoms with Gasteiger partial charge >= 0.3 is 6.03 Å². The monoisotopic (exact) mass is 424 g/mol. The first-order valence-electron chi connectivity index (χ1n) is 9.67. The fraction of sp³-hybridized carbons (Fsp3) is 0.273. The first-order valence-corrected chi connectivity index (χ1v) is 9.67. The lowest BCUT2D eigenvalue weighted by Crippen LogP contribution is -2.42. The highest BCUT2D eigenvalue weighted by molar-refractivity contribution is 6.06. The van der Waals surface area contributed by atoms with E-state index in [1.807, 2.05) is 19.1 Å². The lowest BCUT2D eigenvalue weighted by Gasteiger charge is -2.28. The number of ether oxygens (including phenoxy) is 1. The van der Waals surface area contributed by atoms with E-state index in [9.17, 15) is 19.2 Å². The second kappa shape index (κ2) is 9.29. The third-order valence-corrected chi connectivity index (χ3v) is 5.02. The first-order chi connectivity index (χ1) is 14.8. The molecule has 2 aromatic rings. The van der Waals surface area contributed by atoms with Crippen LogP contribution in [0.3, 0.4) is 0 Å². The van der Waals surface area contributed by atoms with Crippen molar-refractivity contribution in [3.8, 4) is 5.75 Å². The Labute approximate surface area is 179 Å². The smallest absolute Gasteiger partial charge is 0.322 e. The zero-order valence-electron chi connectivity index (χ0n) is 17.5. The van der Waals surface area contributed by atoms with E-state index in [1.54, 1.807) is 43.5 Å². The van der Waals surface area contributed by atoms with Crippen LogP contribution in [-0.2, 0) is 14.4 Å². The van der Waals surface area contributed by atoms with Crippen molar-refractivity contribution in [2.24, 2.45) is 0 Å². The molecule has 0 bridgehead atoms. The molecular weight excluding hydrogens is 400 g/mol. The first kappa shape index (κ1) is 21.8. The van der Waals surface area contributed by atoms with E-state index in [-0.39, 0.29) is 6.42 Å². The number of imide groups is 1. The van der Waals surface area contributed by atoms with Crippen LogP contribution in [0, 0.1) is 6.92 Å². The number of carbonyl (C=O) groups is 4. The van der Waals surface area contributed by atoms with Gasteiger partial charge in [0.2, 0.25) is 5.91 Å². The van der Waals surface area contributed by atoms with Crippen LogP contribution < -0.4 is 20.7 Å². The van der Waals surface area contributed by atoms with Crippen LogP contribution in [0.5, 0.6) is 5.75 Å². The number of urea groups is 1. The molecule has 3 N–H and O–H groups in total. The molecule has 0 aliphatic carbocycles. The fourth-order valence-electron chi connectivity index (χ4n) is 3.25. The Morgan fingerprint density at radius 2 is 1.74 bits per heavy atom. The van der Waals surface area contributed by atoms with Gasteiger partial charge in [0.15, 0.2) is 0 Å². The molecule has 0 spiro atoms. The number of rotatable bonds is 7. The Morgan fingerprint density at radius 3 is 2.29 bits per heavy atom. The molecule has 162 valence electrons. The largest absolute Gasteiger partial charge is 0.497 e. The Hall–Kier alpha value is -3.88. The van der Waals surface area contributed by atoms with Crippen molar-refractivity contribution in [1.82, 2.24) is 15.5 Å². The minimum absolute atomic E-state index is 0.258. The number of anilines is 1. The van der Waals surface area contributed by atoms with Crippen LogP contribution in [-0.4, -0.2) is 48.9 Å². The van der Waals surface area contributed by atoms with Gasteiger partial charge in [-0.05, 0) is 36.8 Å². The van der Waals surface area contributed by atoms with Crippen LogP contribution in [0.4, 0.5) is 10.5 Å². The Bertz CT molecular complexity index is 988. The maximum Gasteiger partial charge on any atom is 0.322 e. The summed E-state index contributed by atoms with van der Waals surface area (Å²) < 4.78 is 5.12. The van der Waals surface area contributed by atoms with Crippen LogP contribution in [0.15, 0.2) is 48.5 Å². The molecule has 1 fully saturated rings. The van der Waals surface area contributed by atoms with Gasteiger partial charge in [-0.1, -0.05) is 29.8 Å². The van der Waals surface area contributed by atoms with Crippen molar-refractivity contribution < 1.29 is 23.9 Å². The van der Waals surface area contributed by atoms with Gasteiger partial charge in [-0.25, -0.2) is 4.79 Å². The summed E-state index contributed by atoms with van der Waals surface area (Å²) in [4.78, 5) is 50.4. The number of methoxy groups -OCH3 is 1. The lowest BCUT2D eigenvalue weighted by molar-refractivity contribution is -0.138. The van der Waals surface area contributed by atoms with Crippen molar-refractivity contribution in [2.45, 2.75) is 25.4 Å². The molecule has 9 nitrogen and oxygen atoms in total. The van der Waals surface area contributed by atoms with Gasteiger partial charge in [0.05, 0.1) is 13.5 Å². The molecule has 1 aliphatic rings. The molecule has 3 rings (SSSR count). The number of hydrogen-bond acceptors (Lipinski definition) is 5. The molecule has 1 saturated heterocycles. The zero-order chi connectivity index (χ0) is 22.5. The standard InChI is InChI=1S/C22H24N4O5/c1-13-4-6-14(7-5-13)19(21(29)23-15-8-10-16(31-3)11-9-15)26(2)18(27)12-17-20(28)25-22(30)24-17/h4-11,17,19H,12H2,1-3H3,(H,23,29)(H2,24,25,28,30)/t17-,19-/m1/s1. The Morgan fingerprint density at radius 1 is 1.10 bits per heavy atom. The van der Waals surface area contributed by atoms with Crippen molar-refractivity contribution >= 4 is 29.4 Å². The van der Waals surface area contributed by atoms with Gasteiger partial charge in [-0.3, -0.25) is 19.7 Å². The van der Waals surface area contributed by atoms with E-state index in [1.165, 1.54) is 11.9 Å². The number of aryl methyl sites for hydroxylation is 1. The van der Waals surface area contributed by atoms with E-state index >= 15 is 0 Å². The molecule has 1 heterocycles. The molecule has 9 heteroatoms. The number of benzene rings is 2. The molecule has 0 saturated carbocycles. The summed E-state index contributed by atoms with van der Waals surface area (Å²) in [7, 11) is 3.05. The van der Waals surface area contributed by atoms with Gasteiger partial charge < -0.3 is 20.3 Å². The number of nitrogens with zero attached hydrogens (tertiary/aromatic N) is 1. The van der Waals surface area contributed by atoms with Crippen molar-refractivity contribution in [2.75, 3.05) is 19.5 Å². The number of nitrogens with one attached hydrogen (secondary N) is 3. The summed E-state index contributed by atoms with van der Waals surface area (Å²) >= 11 is 0. The summed E-state index contributed by atoms with van der Waals surface area (Å²) in [5, 5.41) is 7.30. The maximum atomic E-state index is 13.2. The molecule has 1 aliphatic heterocycles. The summed E-state index contributed by atoms with van der Waals surface area (Å²) in [5.74, 6) is -0.791. The molecule has 5 amide bonds.